The number of aliphatic hydroxyl groups excluding tert-OH is 2. The van der Waals surface area contributed by atoms with Crippen LogP contribution in [0.15, 0.2) is 9.98 Å². The first-order valence-electron chi connectivity index (χ1n) is 24.9. The van der Waals surface area contributed by atoms with Gasteiger partial charge in [0.05, 0.1) is 31.6 Å². The minimum absolute atomic E-state index is 0.0269. The Balaban J connectivity index is 6.61. The molecule has 442 valence electrons. The smallest absolute Gasteiger partial charge is 0.328 e. The third kappa shape index (κ3) is 27.2. The highest BCUT2D eigenvalue weighted by Crippen LogP contribution is 2.12. The molecular weight excluding hydrogens is 1030 g/mol. The second-order valence-electron chi connectivity index (χ2n) is 18.8. The van der Waals surface area contributed by atoms with E-state index in [1.165, 1.54) is 13.8 Å². The Kier molecular flexibility index (Phi) is 31.8. The van der Waals surface area contributed by atoms with Gasteiger partial charge in [0, 0.05) is 13.1 Å². The molecule has 0 aromatic rings. The van der Waals surface area contributed by atoms with Crippen molar-refractivity contribution in [1.82, 2.24) is 47.9 Å². The summed E-state index contributed by atoms with van der Waals surface area (Å²) in [6.07, 6.45) is -3.39. The van der Waals surface area contributed by atoms with Crippen molar-refractivity contribution in [2.24, 2.45) is 56.2 Å². The van der Waals surface area contributed by atoms with Gasteiger partial charge in [0.15, 0.2) is 18.0 Å². The Morgan fingerprint density at radius 3 is 1.29 bits per heavy atom. The van der Waals surface area contributed by atoms with E-state index >= 15 is 0 Å². The van der Waals surface area contributed by atoms with Crippen LogP contribution in [0.4, 0.5) is 0 Å². The molecule has 0 fully saturated rings. The van der Waals surface area contributed by atoms with E-state index in [1.54, 1.807) is 27.7 Å². The van der Waals surface area contributed by atoms with Crippen molar-refractivity contribution in [2.45, 2.75) is 166 Å². The summed E-state index contributed by atoms with van der Waals surface area (Å²) < 4.78 is 0. The zero-order valence-corrected chi connectivity index (χ0v) is 44.8. The van der Waals surface area contributed by atoms with E-state index in [1.807, 2.05) is 0 Å². The Morgan fingerprint density at radius 1 is 0.487 bits per heavy atom. The van der Waals surface area contributed by atoms with Crippen molar-refractivity contribution in [3.8, 4) is 0 Å². The standard InChI is InChI=1S/C45H81N17O16/c1-8-20(4)32(42(76)55-22(6)35(69)58-27(15-19(2)3)40(74)62-33(23(7)64)43(77)78)61-41(75)29(18-63)60-38(72)26(12-10-14-53-45(50)51)57-39(73)28(17-31(66)67)59-37(71)25(11-9-13-52-44(48)49)56-34(68)21(5)54-36(70)24(46)16-30(47)65/h19-29,32-33,63-64H,8-18,46H2,1-7H3,(H2,47,65)(H,54,70)(H,55,76)(H,56,68)(H,57,73)(H,58,69)(H,59,71)(H,60,72)(H,61,75)(H,62,74)(H,66,67)(H,77,78)(H4,48,49,52)(H4,50,51,53)/t20-,21-,22-,23+,24-,25-,26-,27-,28-,29-,32-,33-/m0/s1. The Bertz CT molecular complexity index is 2150. The summed E-state index contributed by atoms with van der Waals surface area (Å²) in [5.74, 6) is -14.8. The minimum Gasteiger partial charge on any atom is -0.481 e. The largest absolute Gasteiger partial charge is 0.481 e. The molecule has 0 heterocycles. The third-order valence-electron chi connectivity index (χ3n) is 11.4. The first-order valence-corrected chi connectivity index (χ1v) is 24.9. The van der Waals surface area contributed by atoms with E-state index in [0.29, 0.717) is 0 Å². The summed E-state index contributed by atoms with van der Waals surface area (Å²) in [6, 6.07) is -15.6. The number of rotatable bonds is 37. The lowest BCUT2D eigenvalue weighted by Crippen LogP contribution is -2.61. The Morgan fingerprint density at radius 2 is 0.885 bits per heavy atom. The molecular formula is C45H81N17O16. The second kappa shape index (κ2) is 35.4. The lowest BCUT2D eigenvalue weighted by Gasteiger charge is -2.29. The number of aliphatic carboxylic acids is 2. The summed E-state index contributed by atoms with van der Waals surface area (Å²) in [4.78, 5) is 164. The highest BCUT2D eigenvalue weighted by Gasteiger charge is 2.36. The van der Waals surface area contributed by atoms with E-state index in [0.717, 1.165) is 6.92 Å². The van der Waals surface area contributed by atoms with Crippen molar-refractivity contribution in [1.29, 1.82) is 0 Å². The molecule has 33 nitrogen and oxygen atoms in total. The van der Waals surface area contributed by atoms with Gasteiger partial charge in [-0.25, -0.2) is 4.79 Å². The normalized spacial score (nSPS) is 15.6. The van der Waals surface area contributed by atoms with Gasteiger partial charge in [-0.3, -0.25) is 62.7 Å². The number of nitrogens with zero attached hydrogens (tertiary/aromatic N) is 2. The summed E-state index contributed by atoms with van der Waals surface area (Å²) in [7, 11) is 0. The number of aliphatic imine (C=N–C) groups is 2. The molecule has 0 bridgehead atoms. The minimum atomic E-state index is -1.96. The van der Waals surface area contributed by atoms with Crippen molar-refractivity contribution < 1.29 is 78.0 Å². The summed E-state index contributed by atoms with van der Waals surface area (Å²) >= 11 is 0. The van der Waals surface area contributed by atoms with Crippen LogP contribution in [0.2, 0.25) is 0 Å². The molecule has 0 aliphatic carbocycles. The number of nitrogens with two attached hydrogens (primary N) is 6. The number of hydrogen-bond donors (Lipinski definition) is 19. The highest BCUT2D eigenvalue weighted by atomic mass is 16.4. The molecule has 0 saturated carbocycles. The van der Waals surface area contributed by atoms with Gasteiger partial charge < -0.3 is 103 Å². The zero-order valence-electron chi connectivity index (χ0n) is 44.8. The molecule has 0 aromatic carbocycles. The molecule has 0 unspecified atom stereocenters. The molecule has 10 amide bonds. The second-order valence-corrected chi connectivity index (χ2v) is 18.8. The van der Waals surface area contributed by atoms with Gasteiger partial charge in [-0.2, -0.15) is 0 Å². The number of carboxylic acids is 2. The first kappa shape index (κ1) is 70.1. The van der Waals surface area contributed by atoms with Crippen LogP contribution in [-0.4, -0.2) is 190 Å². The monoisotopic (exact) mass is 1120 g/mol. The van der Waals surface area contributed by atoms with E-state index in [4.69, 9.17) is 34.4 Å². The molecule has 33 heteroatoms. The average molecular weight is 1120 g/mol. The number of carbonyl (C=O) groups is 12. The first-order chi connectivity index (χ1) is 36.3. The van der Waals surface area contributed by atoms with Crippen LogP contribution >= 0.6 is 0 Å². The van der Waals surface area contributed by atoms with Gasteiger partial charge in [0.25, 0.3) is 0 Å². The van der Waals surface area contributed by atoms with Crippen molar-refractivity contribution >= 4 is 82.9 Å². The lowest BCUT2D eigenvalue weighted by molar-refractivity contribution is -0.145. The van der Waals surface area contributed by atoms with Crippen LogP contribution in [0.5, 0.6) is 0 Å². The van der Waals surface area contributed by atoms with Crippen LogP contribution < -0.4 is 82.3 Å². The number of amides is 10. The quantitative estimate of drug-likeness (QED) is 0.0156. The molecule has 12 atom stereocenters. The number of nitrogens with one attached hydrogen (secondary N) is 9. The molecule has 0 radical (unpaired) electrons. The average Bonchev–Trinajstić information content (AvgIpc) is 3.33. The number of hydrogen-bond acceptors (Lipinski definition) is 17. The van der Waals surface area contributed by atoms with Crippen molar-refractivity contribution in [3.63, 3.8) is 0 Å². The number of carbonyl (C=O) groups excluding carboxylic acids is 10. The summed E-state index contributed by atoms with van der Waals surface area (Å²) in [6.45, 7) is 9.06. The van der Waals surface area contributed by atoms with Gasteiger partial charge in [-0.05, 0) is 64.7 Å². The molecule has 0 aliphatic heterocycles. The Labute approximate surface area is 450 Å². The number of guanidine groups is 2. The van der Waals surface area contributed by atoms with Gasteiger partial charge in [0.1, 0.15) is 48.3 Å². The lowest BCUT2D eigenvalue weighted by atomic mass is 9.97. The van der Waals surface area contributed by atoms with Crippen LogP contribution in [-0.2, 0) is 57.5 Å². The predicted molar refractivity (Wildman–Crippen MR) is 278 cm³/mol. The van der Waals surface area contributed by atoms with Crippen LogP contribution in [0.25, 0.3) is 0 Å². The zero-order chi connectivity index (χ0) is 60.1. The van der Waals surface area contributed by atoms with Crippen molar-refractivity contribution in [3.05, 3.63) is 0 Å². The highest BCUT2D eigenvalue weighted by molar-refractivity contribution is 5.99. The SMILES string of the molecule is CC[C@H](C)[C@H](NC(=O)[C@H](CO)NC(=O)[C@H](CCCN=C(N)N)NC(=O)[C@H](CC(=O)O)NC(=O)[C@H](CCCN=C(N)N)NC(=O)[C@H](C)NC(=O)[C@@H](N)CC(N)=O)C(=O)N[C@@H](C)C(=O)N[C@@H](CC(C)C)C(=O)N[C@H](C(=O)O)[C@@H](C)O. The molecule has 25 N–H and O–H groups in total. The fraction of sp³-hybridized carbons (Fsp3) is 0.689. The van der Waals surface area contributed by atoms with E-state index in [-0.39, 0.29) is 69.5 Å². The van der Waals surface area contributed by atoms with E-state index < -0.39 is 163 Å². The predicted octanol–water partition coefficient (Wildman–Crippen LogP) is -8.28. The number of carboxylic acid groups (broad SMARTS) is 2. The van der Waals surface area contributed by atoms with Gasteiger partial charge in [0.2, 0.25) is 59.1 Å². The fourth-order valence-corrected chi connectivity index (χ4v) is 6.90. The third-order valence-corrected chi connectivity index (χ3v) is 11.4. The maximum atomic E-state index is 13.9. The van der Waals surface area contributed by atoms with Crippen LogP contribution in [0.1, 0.15) is 99.8 Å². The van der Waals surface area contributed by atoms with Gasteiger partial charge >= 0.3 is 11.9 Å². The topological polar surface area (TPSA) is 575 Å². The summed E-state index contributed by atoms with van der Waals surface area (Å²) in [5, 5.41) is 60.4. The van der Waals surface area contributed by atoms with E-state index in [2.05, 4.69) is 57.8 Å². The Hall–Kier alpha value is -7.94. The summed E-state index contributed by atoms with van der Waals surface area (Å²) in [5.41, 5.74) is 32.3. The van der Waals surface area contributed by atoms with E-state index in [9.17, 15) is 78.0 Å². The molecule has 0 aromatic heterocycles. The molecule has 0 aliphatic rings. The molecule has 0 spiro atoms. The number of primary amides is 1. The maximum Gasteiger partial charge on any atom is 0.328 e. The van der Waals surface area contributed by atoms with Crippen LogP contribution in [0, 0.1) is 11.8 Å². The van der Waals surface area contributed by atoms with Gasteiger partial charge in [-0.1, -0.05) is 34.1 Å². The maximum absolute atomic E-state index is 13.9. The molecule has 0 rings (SSSR count). The number of aliphatic hydroxyl groups is 2. The fourth-order valence-electron chi connectivity index (χ4n) is 6.90. The van der Waals surface area contributed by atoms with Crippen LogP contribution in [0.3, 0.4) is 0 Å². The molecule has 78 heavy (non-hydrogen) atoms. The van der Waals surface area contributed by atoms with Crippen molar-refractivity contribution in [2.75, 3.05) is 19.7 Å². The molecule has 0 saturated heterocycles. The van der Waals surface area contributed by atoms with Gasteiger partial charge in [-0.15, -0.1) is 0 Å².